The summed E-state index contributed by atoms with van der Waals surface area (Å²) in [4.78, 5) is 0. The van der Waals surface area contributed by atoms with Crippen molar-refractivity contribution in [2.45, 2.75) is 6.10 Å². The second-order valence-corrected chi connectivity index (χ2v) is 2.82. The smallest absolute Gasteiger partial charge is 0.164 e. The minimum absolute atomic E-state index is 0.129. The first-order valence-electron chi connectivity index (χ1n) is 3.99. The molecule has 1 heterocycles. The number of rotatable bonds is 1. The molecule has 1 atom stereocenters. The summed E-state index contributed by atoms with van der Waals surface area (Å²) in [5.74, 6) is 0.498. The third kappa shape index (κ3) is 1.58. The zero-order valence-corrected chi connectivity index (χ0v) is 6.87. The van der Waals surface area contributed by atoms with E-state index < -0.39 is 6.10 Å². The fraction of sp³-hybridized carbons (Fsp3) is 0.333. The van der Waals surface area contributed by atoms with Gasteiger partial charge in [-0.25, -0.2) is 4.39 Å². The fourth-order valence-electron chi connectivity index (χ4n) is 1.18. The Labute approximate surface area is 74.7 Å². The largest absolute Gasteiger partial charge is 0.486 e. The van der Waals surface area contributed by atoms with E-state index in [9.17, 15) is 4.39 Å². The standard InChI is InChI=1S/C9H9FO3/c10-6-1-2-8-9(3-6)13-7(4-11)5-12-8/h1-3,7,11H,4-5H2. The highest BCUT2D eigenvalue weighted by Gasteiger charge is 2.20. The van der Waals surface area contributed by atoms with Gasteiger partial charge in [-0.1, -0.05) is 0 Å². The van der Waals surface area contributed by atoms with Crippen LogP contribution in [0.15, 0.2) is 18.2 Å². The van der Waals surface area contributed by atoms with Crippen molar-refractivity contribution in [3.8, 4) is 11.5 Å². The summed E-state index contributed by atoms with van der Waals surface area (Å²) in [6, 6.07) is 4.07. The first kappa shape index (κ1) is 8.31. The Morgan fingerprint density at radius 3 is 3.08 bits per heavy atom. The van der Waals surface area contributed by atoms with Crippen molar-refractivity contribution < 1.29 is 19.0 Å². The van der Waals surface area contributed by atoms with E-state index in [4.69, 9.17) is 14.6 Å². The highest BCUT2D eigenvalue weighted by atomic mass is 19.1. The van der Waals surface area contributed by atoms with Gasteiger partial charge in [0.1, 0.15) is 12.4 Å². The van der Waals surface area contributed by atoms with Crippen LogP contribution < -0.4 is 9.47 Å². The summed E-state index contributed by atoms with van der Waals surface area (Å²) in [6.07, 6.45) is -0.394. The summed E-state index contributed by atoms with van der Waals surface area (Å²) in [5, 5.41) is 8.79. The molecule has 1 aromatic rings. The quantitative estimate of drug-likeness (QED) is 0.706. The Kier molecular flexibility index (Phi) is 2.06. The van der Waals surface area contributed by atoms with Gasteiger partial charge in [-0.2, -0.15) is 0 Å². The van der Waals surface area contributed by atoms with Crippen LogP contribution in [0.2, 0.25) is 0 Å². The van der Waals surface area contributed by atoms with Gasteiger partial charge in [0.15, 0.2) is 17.6 Å². The molecule has 1 unspecified atom stereocenters. The van der Waals surface area contributed by atoms with E-state index >= 15 is 0 Å². The highest BCUT2D eigenvalue weighted by Crippen LogP contribution is 2.31. The Balaban J connectivity index is 2.27. The second-order valence-electron chi connectivity index (χ2n) is 2.82. The van der Waals surface area contributed by atoms with E-state index in [1.54, 1.807) is 0 Å². The summed E-state index contributed by atoms with van der Waals surface area (Å²) in [6.45, 7) is 0.172. The Morgan fingerprint density at radius 2 is 2.31 bits per heavy atom. The number of fused-ring (bicyclic) bond motifs is 1. The monoisotopic (exact) mass is 184 g/mol. The summed E-state index contributed by atoms with van der Waals surface area (Å²) in [5.41, 5.74) is 0. The molecule has 0 aliphatic carbocycles. The molecule has 1 aliphatic heterocycles. The molecule has 3 nitrogen and oxygen atoms in total. The Bertz CT molecular complexity index is 314. The molecular weight excluding hydrogens is 175 g/mol. The van der Waals surface area contributed by atoms with Gasteiger partial charge in [-0.05, 0) is 12.1 Å². The van der Waals surface area contributed by atoms with Gasteiger partial charge in [0.25, 0.3) is 0 Å². The Morgan fingerprint density at radius 1 is 1.46 bits per heavy atom. The van der Waals surface area contributed by atoms with Crippen LogP contribution in [-0.2, 0) is 0 Å². The van der Waals surface area contributed by atoms with E-state index in [2.05, 4.69) is 0 Å². The van der Waals surface area contributed by atoms with Gasteiger partial charge < -0.3 is 14.6 Å². The number of aliphatic hydroxyl groups is 1. The van der Waals surface area contributed by atoms with Crippen LogP contribution in [-0.4, -0.2) is 24.4 Å². The van der Waals surface area contributed by atoms with Gasteiger partial charge in [-0.15, -0.1) is 0 Å². The summed E-state index contributed by atoms with van der Waals surface area (Å²) < 4.78 is 23.2. The molecule has 0 aromatic heterocycles. The molecule has 0 saturated heterocycles. The number of hydrogen-bond donors (Lipinski definition) is 1. The van der Waals surface area contributed by atoms with E-state index in [-0.39, 0.29) is 12.4 Å². The molecule has 1 aliphatic rings. The maximum absolute atomic E-state index is 12.7. The number of aliphatic hydroxyl groups excluding tert-OH is 1. The zero-order chi connectivity index (χ0) is 9.26. The van der Waals surface area contributed by atoms with Crippen LogP contribution in [0, 0.1) is 5.82 Å². The van der Waals surface area contributed by atoms with Gasteiger partial charge in [0.05, 0.1) is 6.61 Å². The lowest BCUT2D eigenvalue weighted by atomic mass is 10.2. The molecule has 70 valence electrons. The van der Waals surface area contributed by atoms with Crippen molar-refractivity contribution in [1.29, 1.82) is 0 Å². The molecule has 13 heavy (non-hydrogen) atoms. The Hall–Kier alpha value is -1.29. The van der Waals surface area contributed by atoms with E-state index in [0.29, 0.717) is 18.1 Å². The second kappa shape index (κ2) is 3.22. The maximum atomic E-state index is 12.7. The van der Waals surface area contributed by atoms with Gasteiger partial charge in [0.2, 0.25) is 0 Å². The maximum Gasteiger partial charge on any atom is 0.164 e. The molecule has 1 aromatic carbocycles. The van der Waals surface area contributed by atoms with E-state index in [0.717, 1.165) is 0 Å². The molecule has 0 bridgehead atoms. The lowest BCUT2D eigenvalue weighted by molar-refractivity contribution is 0.0452. The molecule has 0 radical (unpaired) electrons. The lowest BCUT2D eigenvalue weighted by Crippen LogP contribution is -2.32. The van der Waals surface area contributed by atoms with Crippen LogP contribution >= 0.6 is 0 Å². The van der Waals surface area contributed by atoms with E-state index in [1.165, 1.54) is 18.2 Å². The van der Waals surface area contributed by atoms with Crippen molar-refractivity contribution in [2.75, 3.05) is 13.2 Å². The molecule has 0 fully saturated rings. The average Bonchev–Trinajstić information content (AvgIpc) is 2.16. The van der Waals surface area contributed by atoms with E-state index in [1.807, 2.05) is 0 Å². The number of ether oxygens (including phenoxy) is 2. The molecule has 0 spiro atoms. The predicted molar refractivity (Wildman–Crippen MR) is 43.4 cm³/mol. The predicted octanol–water partition coefficient (Wildman–Crippen LogP) is 0.958. The van der Waals surface area contributed by atoms with Crippen LogP contribution in [0.1, 0.15) is 0 Å². The minimum Gasteiger partial charge on any atom is -0.486 e. The van der Waals surface area contributed by atoms with Gasteiger partial charge >= 0.3 is 0 Å². The number of halogens is 1. The van der Waals surface area contributed by atoms with Crippen molar-refractivity contribution in [3.05, 3.63) is 24.0 Å². The molecule has 1 N–H and O–H groups in total. The minimum atomic E-state index is -0.394. The topological polar surface area (TPSA) is 38.7 Å². The summed E-state index contributed by atoms with van der Waals surface area (Å²) in [7, 11) is 0. The van der Waals surface area contributed by atoms with Crippen LogP contribution in [0.4, 0.5) is 4.39 Å². The third-order valence-corrected chi connectivity index (χ3v) is 1.83. The number of hydrogen-bond acceptors (Lipinski definition) is 3. The van der Waals surface area contributed by atoms with Crippen molar-refractivity contribution in [2.24, 2.45) is 0 Å². The SMILES string of the molecule is OCC1COc2ccc(F)cc2O1. The van der Waals surface area contributed by atoms with Crippen LogP contribution in [0.25, 0.3) is 0 Å². The van der Waals surface area contributed by atoms with Crippen molar-refractivity contribution in [1.82, 2.24) is 0 Å². The normalized spacial score (nSPS) is 20.0. The van der Waals surface area contributed by atoms with Crippen LogP contribution in [0.3, 0.4) is 0 Å². The van der Waals surface area contributed by atoms with Crippen molar-refractivity contribution in [3.63, 3.8) is 0 Å². The van der Waals surface area contributed by atoms with Gasteiger partial charge in [0, 0.05) is 6.07 Å². The molecule has 0 amide bonds. The molecule has 4 heteroatoms. The first-order valence-corrected chi connectivity index (χ1v) is 3.99. The molecule has 2 rings (SSSR count). The lowest BCUT2D eigenvalue weighted by Gasteiger charge is -2.24. The summed E-state index contributed by atoms with van der Waals surface area (Å²) >= 11 is 0. The average molecular weight is 184 g/mol. The van der Waals surface area contributed by atoms with Crippen LogP contribution in [0.5, 0.6) is 11.5 Å². The molecule has 0 saturated carbocycles. The zero-order valence-electron chi connectivity index (χ0n) is 6.87. The third-order valence-electron chi connectivity index (χ3n) is 1.83. The number of benzene rings is 1. The van der Waals surface area contributed by atoms with Gasteiger partial charge in [-0.3, -0.25) is 0 Å². The fourth-order valence-corrected chi connectivity index (χ4v) is 1.18. The van der Waals surface area contributed by atoms with Crippen molar-refractivity contribution >= 4 is 0 Å². The first-order chi connectivity index (χ1) is 6.29. The molecular formula is C9H9FO3. The highest BCUT2D eigenvalue weighted by molar-refractivity contribution is 5.41.